The monoisotopic (exact) mass is 211 g/mol. The topological polar surface area (TPSA) is 12.0 Å². The first-order valence-corrected chi connectivity index (χ1v) is 6.05. The van der Waals surface area contributed by atoms with E-state index in [9.17, 15) is 0 Å². The van der Waals surface area contributed by atoms with Crippen molar-refractivity contribution in [2.45, 2.75) is 19.4 Å². The zero-order chi connectivity index (χ0) is 11.0. The number of fused-ring (bicyclic) bond motifs is 1. The predicted molar refractivity (Wildman–Crippen MR) is 68.5 cm³/mol. The molecule has 0 aliphatic carbocycles. The van der Waals surface area contributed by atoms with Crippen molar-refractivity contribution in [2.24, 2.45) is 5.92 Å². The quantitative estimate of drug-likeness (QED) is 0.761. The van der Waals surface area contributed by atoms with E-state index in [1.165, 1.54) is 22.8 Å². The minimum absolute atomic E-state index is 0.555. The molecule has 1 heterocycles. The molecule has 1 heteroatoms. The average molecular weight is 211 g/mol. The molecule has 1 saturated heterocycles. The molecule has 82 valence electrons. The smallest absolute Gasteiger partial charge is 0.0323 e. The van der Waals surface area contributed by atoms with Gasteiger partial charge in [0.05, 0.1) is 0 Å². The molecule has 1 aliphatic rings. The van der Waals surface area contributed by atoms with E-state index in [0.717, 1.165) is 12.5 Å². The van der Waals surface area contributed by atoms with Crippen LogP contribution in [0.2, 0.25) is 0 Å². The summed E-state index contributed by atoms with van der Waals surface area (Å²) in [5.41, 5.74) is 1.43. The lowest BCUT2D eigenvalue weighted by Gasteiger charge is -2.11. The van der Waals surface area contributed by atoms with Crippen molar-refractivity contribution in [1.82, 2.24) is 5.32 Å². The maximum absolute atomic E-state index is 3.59. The van der Waals surface area contributed by atoms with E-state index in [1.807, 2.05) is 0 Å². The number of hydrogen-bond acceptors (Lipinski definition) is 1. The van der Waals surface area contributed by atoms with Crippen molar-refractivity contribution in [2.75, 3.05) is 6.54 Å². The Morgan fingerprint density at radius 3 is 2.62 bits per heavy atom. The van der Waals surface area contributed by atoms with Crippen molar-refractivity contribution >= 4 is 10.8 Å². The first kappa shape index (κ1) is 9.86. The molecule has 0 radical (unpaired) electrons. The van der Waals surface area contributed by atoms with Crippen LogP contribution in [0.3, 0.4) is 0 Å². The van der Waals surface area contributed by atoms with Crippen LogP contribution < -0.4 is 5.32 Å². The SMILES string of the molecule is C[C@@H]1CN[C@H](c2ccc3ccccc3c2)C1. The fourth-order valence-corrected chi connectivity index (χ4v) is 2.59. The van der Waals surface area contributed by atoms with Crippen LogP contribution in [-0.2, 0) is 0 Å². The molecule has 3 rings (SSSR count). The van der Waals surface area contributed by atoms with E-state index in [0.29, 0.717) is 6.04 Å². The Morgan fingerprint density at radius 2 is 1.88 bits per heavy atom. The largest absolute Gasteiger partial charge is 0.310 e. The molecule has 2 aromatic carbocycles. The third kappa shape index (κ3) is 1.72. The van der Waals surface area contributed by atoms with Gasteiger partial charge in [0, 0.05) is 6.04 Å². The molecule has 2 atom stereocenters. The fourth-order valence-electron chi connectivity index (χ4n) is 2.59. The first-order chi connectivity index (χ1) is 7.83. The molecule has 1 aliphatic heterocycles. The normalized spacial score (nSPS) is 25.1. The molecule has 1 nitrogen and oxygen atoms in total. The zero-order valence-corrected chi connectivity index (χ0v) is 9.61. The molecule has 0 spiro atoms. The van der Waals surface area contributed by atoms with Crippen LogP contribution in [0, 0.1) is 5.92 Å². The molecular weight excluding hydrogens is 194 g/mol. The van der Waals surface area contributed by atoms with Crippen molar-refractivity contribution in [3.05, 3.63) is 48.0 Å². The van der Waals surface area contributed by atoms with Gasteiger partial charge in [-0.3, -0.25) is 0 Å². The maximum atomic E-state index is 3.59. The third-order valence-electron chi connectivity index (χ3n) is 3.53. The van der Waals surface area contributed by atoms with Crippen molar-refractivity contribution in [3.8, 4) is 0 Å². The van der Waals surface area contributed by atoms with Crippen LogP contribution >= 0.6 is 0 Å². The van der Waals surface area contributed by atoms with Gasteiger partial charge in [0.15, 0.2) is 0 Å². The lowest BCUT2D eigenvalue weighted by molar-refractivity contribution is 0.612. The highest BCUT2D eigenvalue weighted by Crippen LogP contribution is 2.28. The molecule has 16 heavy (non-hydrogen) atoms. The predicted octanol–water partition coefficient (Wildman–Crippen LogP) is 3.51. The van der Waals surface area contributed by atoms with Crippen LogP contribution in [0.1, 0.15) is 24.9 Å². The van der Waals surface area contributed by atoms with Gasteiger partial charge in [-0.25, -0.2) is 0 Å². The van der Waals surface area contributed by atoms with E-state index < -0.39 is 0 Å². The van der Waals surface area contributed by atoms with Gasteiger partial charge in [-0.05, 0) is 41.3 Å². The van der Waals surface area contributed by atoms with Gasteiger partial charge in [-0.1, -0.05) is 43.3 Å². The van der Waals surface area contributed by atoms with E-state index in [-0.39, 0.29) is 0 Å². The molecular formula is C15H17N. The summed E-state index contributed by atoms with van der Waals surface area (Å²) < 4.78 is 0. The average Bonchev–Trinajstić information content (AvgIpc) is 2.75. The summed E-state index contributed by atoms with van der Waals surface area (Å²) in [5.74, 6) is 0.802. The lowest BCUT2D eigenvalue weighted by Crippen LogP contribution is -2.13. The highest BCUT2D eigenvalue weighted by molar-refractivity contribution is 5.83. The summed E-state index contributed by atoms with van der Waals surface area (Å²) in [6, 6.07) is 15.9. The minimum atomic E-state index is 0.555. The first-order valence-electron chi connectivity index (χ1n) is 6.05. The van der Waals surface area contributed by atoms with Gasteiger partial charge in [-0.2, -0.15) is 0 Å². The van der Waals surface area contributed by atoms with Crippen molar-refractivity contribution < 1.29 is 0 Å². The van der Waals surface area contributed by atoms with E-state index >= 15 is 0 Å². The van der Waals surface area contributed by atoms with Crippen molar-refractivity contribution in [3.63, 3.8) is 0 Å². The summed E-state index contributed by atoms with van der Waals surface area (Å²) in [4.78, 5) is 0. The summed E-state index contributed by atoms with van der Waals surface area (Å²) >= 11 is 0. The number of rotatable bonds is 1. The second kappa shape index (κ2) is 3.91. The number of nitrogens with one attached hydrogen (secondary N) is 1. The molecule has 0 aromatic heterocycles. The van der Waals surface area contributed by atoms with Gasteiger partial charge >= 0.3 is 0 Å². The summed E-state index contributed by atoms with van der Waals surface area (Å²) in [5, 5.41) is 6.27. The Morgan fingerprint density at radius 1 is 1.06 bits per heavy atom. The summed E-state index contributed by atoms with van der Waals surface area (Å²) in [7, 11) is 0. The van der Waals surface area contributed by atoms with Gasteiger partial charge in [0.1, 0.15) is 0 Å². The molecule has 0 saturated carbocycles. The summed E-state index contributed by atoms with van der Waals surface area (Å²) in [6.45, 7) is 3.46. The van der Waals surface area contributed by atoms with Crippen molar-refractivity contribution in [1.29, 1.82) is 0 Å². The molecule has 0 bridgehead atoms. The third-order valence-corrected chi connectivity index (χ3v) is 3.53. The van der Waals surface area contributed by atoms with Crippen LogP contribution in [-0.4, -0.2) is 6.54 Å². The van der Waals surface area contributed by atoms with Gasteiger partial charge in [0.2, 0.25) is 0 Å². The van der Waals surface area contributed by atoms with Crippen LogP contribution in [0.4, 0.5) is 0 Å². The number of benzene rings is 2. The second-order valence-electron chi connectivity index (χ2n) is 4.91. The van der Waals surface area contributed by atoms with E-state index in [1.54, 1.807) is 0 Å². The maximum Gasteiger partial charge on any atom is 0.0323 e. The van der Waals surface area contributed by atoms with E-state index in [4.69, 9.17) is 0 Å². The van der Waals surface area contributed by atoms with Crippen LogP contribution in [0.25, 0.3) is 10.8 Å². The van der Waals surface area contributed by atoms with Gasteiger partial charge in [-0.15, -0.1) is 0 Å². The zero-order valence-electron chi connectivity index (χ0n) is 9.61. The van der Waals surface area contributed by atoms with Gasteiger partial charge < -0.3 is 5.32 Å². The fraction of sp³-hybridized carbons (Fsp3) is 0.333. The van der Waals surface area contributed by atoms with Crippen LogP contribution in [0.5, 0.6) is 0 Å². The Bertz CT molecular complexity index is 504. The van der Waals surface area contributed by atoms with Gasteiger partial charge in [0.25, 0.3) is 0 Å². The highest BCUT2D eigenvalue weighted by atomic mass is 14.9. The Balaban J connectivity index is 1.99. The lowest BCUT2D eigenvalue weighted by atomic mass is 9.98. The van der Waals surface area contributed by atoms with Crippen LogP contribution in [0.15, 0.2) is 42.5 Å². The molecule has 0 amide bonds. The molecule has 2 aromatic rings. The summed E-state index contributed by atoms with van der Waals surface area (Å²) in [6.07, 6.45) is 1.26. The number of hydrogen-bond donors (Lipinski definition) is 1. The Labute approximate surface area is 96.5 Å². The highest BCUT2D eigenvalue weighted by Gasteiger charge is 2.21. The molecule has 1 fully saturated rings. The van der Waals surface area contributed by atoms with E-state index in [2.05, 4.69) is 54.7 Å². The molecule has 0 unspecified atom stereocenters. The minimum Gasteiger partial charge on any atom is -0.310 e. The Hall–Kier alpha value is -1.34. The second-order valence-corrected chi connectivity index (χ2v) is 4.91. The standard InChI is InChI=1S/C15H17N/c1-11-8-15(16-10-11)14-7-6-12-4-2-3-5-13(12)9-14/h2-7,9,11,15-16H,8,10H2,1H3/t11-,15-/m0/s1. The Kier molecular flexibility index (Phi) is 2.41. The molecule has 1 N–H and O–H groups in total.